The number of aliphatic hydroxyl groups is 2. The van der Waals surface area contributed by atoms with Crippen molar-refractivity contribution in [1.82, 2.24) is 4.98 Å². The van der Waals surface area contributed by atoms with Gasteiger partial charge >= 0.3 is 5.63 Å². The summed E-state index contributed by atoms with van der Waals surface area (Å²) in [5.41, 5.74) is 0.329. The molecule has 10 nitrogen and oxygen atoms in total. The van der Waals surface area contributed by atoms with Crippen LogP contribution in [-0.2, 0) is 15.9 Å². The van der Waals surface area contributed by atoms with E-state index in [1.165, 1.54) is 7.11 Å². The Morgan fingerprint density at radius 1 is 1.11 bits per heavy atom. The third-order valence-corrected chi connectivity index (χ3v) is 6.88. The normalized spacial score (nSPS) is 23.0. The van der Waals surface area contributed by atoms with Crippen molar-refractivity contribution >= 4 is 33.5 Å². The summed E-state index contributed by atoms with van der Waals surface area (Å²) >= 11 is 0. The number of anilines is 1. The lowest BCUT2D eigenvalue weighted by molar-refractivity contribution is -0.306. The Balaban J connectivity index is 1.43. The molecule has 2 aromatic heterocycles. The number of aromatic nitrogens is 1. The molecule has 1 amide bonds. The Morgan fingerprint density at radius 2 is 1.87 bits per heavy atom. The van der Waals surface area contributed by atoms with Crippen molar-refractivity contribution in [2.75, 3.05) is 12.4 Å². The highest BCUT2D eigenvalue weighted by atomic mass is 16.7. The molecule has 3 heterocycles. The van der Waals surface area contributed by atoms with Gasteiger partial charge < -0.3 is 39.1 Å². The van der Waals surface area contributed by atoms with Crippen LogP contribution in [0, 0.1) is 0 Å². The first-order chi connectivity index (χ1) is 18.1. The molecule has 4 unspecified atom stereocenters. The van der Waals surface area contributed by atoms with Crippen LogP contribution in [-0.4, -0.2) is 58.4 Å². The minimum absolute atomic E-state index is 0.00149. The van der Waals surface area contributed by atoms with Gasteiger partial charge in [0.2, 0.25) is 6.29 Å². The summed E-state index contributed by atoms with van der Waals surface area (Å²) < 4.78 is 22.9. The zero-order chi connectivity index (χ0) is 27.2. The number of aryl methyl sites for hydroxylation is 1. The molecule has 1 aliphatic heterocycles. The fourth-order valence-corrected chi connectivity index (χ4v) is 4.97. The number of hydrogen-bond acceptors (Lipinski definition) is 8. The second-order valence-corrected chi connectivity index (χ2v) is 9.83. The first kappa shape index (κ1) is 25.9. The molecular weight excluding hydrogens is 492 g/mol. The van der Waals surface area contributed by atoms with Crippen molar-refractivity contribution in [2.24, 2.45) is 0 Å². The number of aromatic amines is 1. The Kier molecular flexibility index (Phi) is 6.74. The van der Waals surface area contributed by atoms with Gasteiger partial charge in [-0.25, -0.2) is 4.79 Å². The lowest BCUT2D eigenvalue weighted by Crippen LogP contribution is -2.63. The van der Waals surface area contributed by atoms with Crippen LogP contribution in [0.5, 0.6) is 5.75 Å². The molecule has 0 bridgehead atoms. The molecule has 4 atom stereocenters. The molecular formula is C28H30N2O8. The molecule has 1 fully saturated rings. The SMILES string of the molecule is CCc1c(OC2OC(C)(C)C(OC)C(O)C2O)ccc2cc(NC(=O)c3cc4ccccc4[nH]3)c(=O)oc12. The van der Waals surface area contributed by atoms with Crippen LogP contribution in [0.25, 0.3) is 21.9 Å². The second kappa shape index (κ2) is 9.88. The number of carbonyl (C=O) groups is 1. The highest BCUT2D eigenvalue weighted by molar-refractivity contribution is 6.06. The summed E-state index contributed by atoms with van der Waals surface area (Å²) in [6, 6.07) is 14.1. The van der Waals surface area contributed by atoms with Gasteiger partial charge in [-0.2, -0.15) is 0 Å². The molecule has 0 radical (unpaired) electrons. The number of carbonyl (C=O) groups excluding carboxylic acids is 1. The van der Waals surface area contributed by atoms with Gasteiger partial charge in [0.1, 0.15) is 41.0 Å². The van der Waals surface area contributed by atoms with Crippen LogP contribution in [0.3, 0.4) is 0 Å². The van der Waals surface area contributed by atoms with E-state index in [1.54, 1.807) is 38.1 Å². The number of H-pyrrole nitrogens is 1. The Bertz CT molecular complexity index is 1520. The number of para-hydroxylation sites is 1. The van der Waals surface area contributed by atoms with Crippen molar-refractivity contribution in [2.45, 2.75) is 57.4 Å². The summed E-state index contributed by atoms with van der Waals surface area (Å²) in [5.74, 6) is -0.136. The molecule has 2 aromatic carbocycles. The van der Waals surface area contributed by atoms with E-state index in [4.69, 9.17) is 18.6 Å². The zero-order valence-electron chi connectivity index (χ0n) is 21.5. The van der Waals surface area contributed by atoms with Crippen molar-refractivity contribution in [3.63, 3.8) is 0 Å². The lowest BCUT2D eigenvalue weighted by Gasteiger charge is -2.46. The summed E-state index contributed by atoms with van der Waals surface area (Å²) in [7, 11) is 1.43. The molecule has 38 heavy (non-hydrogen) atoms. The predicted octanol–water partition coefficient (Wildman–Crippen LogP) is 3.34. The molecule has 0 spiro atoms. The van der Waals surface area contributed by atoms with Crippen LogP contribution in [0.1, 0.15) is 36.8 Å². The van der Waals surface area contributed by atoms with Crippen LogP contribution < -0.4 is 15.7 Å². The van der Waals surface area contributed by atoms with E-state index in [9.17, 15) is 19.8 Å². The third kappa shape index (κ3) is 4.56. The van der Waals surface area contributed by atoms with Crippen molar-refractivity contribution in [3.8, 4) is 5.75 Å². The van der Waals surface area contributed by atoms with Gasteiger partial charge in [0.15, 0.2) is 0 Å². The molecule has 0 saturated carbocycles. The van der Waals surface area contributed by atoms with Crippen LogP contribution in [0.4, 0.5) is 5.69 Å². The Labute approximate surface area is 218 Å². The minimum atomic E-state index is -1.37. The highest BCUT2D eigenvalue weighted by Gasteiger charge is 2.50. The molecule has 1 aliphatic rings. The average molecular weight is 523 g/mol. The van der Waals surface area contributed by atoms with E-state index in [0.717, 1.165) is 10.9 Å². The van der Waals surface area contributed by atoms with Gasteiger partial charge in [0.05, 0.1) is 5.60 Å². The molecule has 10 heteroatoms. The Morgan fingerprint density at radius 3 is 2.58 bits per heavy atom. The number of rotatable bonds is 6. The molecule has 4 N–H and O–H groups in total. The van der Waals surface area contributed by atoms with Gasteiger partial charge in [-0.15, -0.1) is 0 Å². The number of aliphatic hydroxyl groups excluding tert-OH is 2. The highest BCUT2D eigenvalue weighted by Crippen LogP contribution is 2.35. The first-order valence-corrected chi connectivity index (χ1v) is 12.3. The monoisotopic (exact) mass is 522 g/mol. The van der Waals surface area contributed by atoms with E-state index < -0.39 is 41.7 Å². The minimum Gasteiger partial charge on any atom is -0.462 e. The summed E-state index contributed by atoms with van der Waals surface area (Å²) in [4.78, 5) is 28.7. The number of fused-ring (bicyclic) bond motifs is 2. The number of amides is 1. The topological polar surface area (TPSA) is 143 Å². The maximum absolute atomic E-state index is 12.8. The lowest BCUT2D eigenvalue weighted by atomic mass is 9.89. The summed E-state index contributed by atoms with van der Waals surface area (Å²) in [6.45, 7) is 5.34. The van der Waals surface area contributed by atoms with E-state index in [0.29, 0.717) is 34.4 Å². The fraction of sp³-hybridized carbons (Fsp3) is 0.357. The van der Waals surface area contributed by atoms with Gasteiger partial charge in [-0.3, -0.25) is 4.79 Å². The second-order valence-electron chi connectivity index (χ2n) is 9.83. The third-order valence-electron chi connectivity index (χ3n) is 6.88. The quantitative estimate of drug-likeness (QED) is 0.282. The van der Waals surface area contributed by atoms with Gasteiger partial charge in [0, 0.05) is 29.0 Å². The summed E-state index contributed by atoms with van der Waals surface area (Å²) in [6.07, 6.45) is -4.11. The van der Waals surface area contributed by atoms with Gasteiger partial charge in [0.25, 0.3) is 5.91 Å². The standard InChI is InChI=1S/C28H30N2O8/c1-5-16-20(36-27-22(32)21(31)24(35-4)28(2,3)38-27)11-10-15-13-19(26(34)37-23(15)16)30-25(33)18-12-14-8-6-7-9-17(14)29-18/h6-13,21-22,24,27,29,31-32H,5H2,1-4H3,(H,30,33). The number of benzene rings is 2. The molecule has 200 valence electrons. The number of methoxy groups -OCH3 is 1. The van der Waals surface area contributed by atoms with E-state index in [-0.39, 0.29) is 5.69 Å². The van der Waals surface area contributed by atoms with Crippen molar-refractivity contribution < 1.29 is 33.6 Å². The fourth-order valence-electron chi connectivity index (χ4n) is 4.97. The number of hydrogen-bond donors (Lipinski definition) is 4. The summed E-state index contributed by atoms with van der Waals surface area (Å²) in [5, 5.41) is 25.2. The average Bonchev–Trinajstić information content (AvgIpc) is 3.32. The predicted molar refractivity (Wildman–Crippen MR) is 141 cm³/mol. The zero-order valence-corrected chi connectivity index (χ0v) is 21.5. The first-order valence-electron chi connectivity index (χ1n) is 12.3. The molecule has 5 rings (SSSR count). The van der Waals surface area contributed by atoms with Crippen molar-refractivity contribution in [3.05, 3.63) is 70.2 Å². The smallest absolute Gasteiger partial charge is 0.360 e. The Hall–Kier alpha value is -3.70. The van der Waals surface area contributed by atoms with E-state index in [1.807, 2.05) is 31.2 Å². The van der Waals surface area contributed by atoms with Crippen LogP contribution in [0.15, 0.2) is 57.7 Å². The largest absolute Gasteiger partial charge is 0.462 e. The van der Waals surface area contributed by atoms with Crippen LogP contribution in [0.2, 0.25) is 0 Å². The van der Waals surface area contributed by atoms with Crippen molar-refractivity contribution in [1.29, 1.82) is 0 Å². The maximum atomic E-state index is 12.8. The van der Waals surface area contributed by atoms with Gasteiger partial charge in [-0.05, 0) is 50.6 Å². The molecule has 0 aliphatic carbocycles. The molecule has 1 saturated heterocycles. The number of ether oxygens (including phenoxy) is 3. The van der Waals surface area contributed by atoms with E-state index in [2.05, 4.69) is 10.3 Å². The van der Waals surface area contributed by atoms with E-state index >= 15 is 0 Å². The maximum Gasteiger partial charge on any atom is 0.360 e. The molecule has 4 aromatic rings. The van der Waals surface area contributed by atoms with Crippen LogP contribution >= 0.6 is 0 Å². The van der Waals surface area contributed by atoms with Gasteiger partial charge in [-0.1, -0.05) is 25.1 Å². The number of nitrogens with one attached hydrogen (secondary N) is 2.